The molecule has 0 amide bonds. The van der Waals surface area contributed by atoms with E-state index in [2.05, 4.69) is 6.58 Å². The lowest BCUT2D eigenvalue weighted by Gasteiger charge is -2.17. The molecule has 0 aliphatic rings. The maximum absolute atomic E-state index is 10.6. The molecule has 2 nitrogen and oxygen atoms in total. The zero-order valence-electron chi connectivity index (χ0n) is 6.19. The molecule has 0 aliphatic carbocycles. The van der Waals surface area contributed by atoms with Gasteiger partial charge in [0.05, 0.1) is 11.7 Å². The van der Waals surface area contributed by atoms with Crippen LogP contribution in [0.4, 0.5) is 0 Å². The fourth-order valence-electron chi connectivity index (χ4n) is 0.324. The quantitative estimate of drug-likeness (QED) is 0.467. The van der Waals surface area contributed by atoms with Gasteiger partial charge in [-0.3, -0.25) is 4.79 Å². The van der Waals surface area contributed by atoms with Crippen molar-refractivity contribution in [3.8, 4) is 0 Å². The molecule has 0 aromatic rings. The van der Waals surface area contributed by atoms with Gasteiger partial charge in [-0.1, -0.05) is 6.58 Å². The predicted octanol–water partition coefficient (Wildman–Crippen LogP) is 1.94. The number of hydrogen-bond donors (Lipinski definition) is 0. The lowest BCUT2D eigenvalue weighted by atomic mass is 9.97. The summed E-state index contributed by atoms with van der Waals surface area (Å²) in [5.41, 5.74) is -0.615. The molecule has 0 saturated carbocycles. The fraction of sp³-hybridized carbons (Fsp3) is 0.571. The minimum atomic E-state index is -0.615. The Morgan fingerprint density at radius 3 is 2.60 bits per heavy atom. The molecule has 0 bridgehead atoms. The normalized spacial score (nSPS) is 10.7. The summed E-state index contributed by atoms with van der Waals surface area (Å²) in [6, 6.07) is 0. The van der Waals surface area contributed by atoms with Crippen molar-refractivity contribution < 1.29 is 9.53 Å². The molecule has 58 valence electrons. The van der Waals surface area contributed by atoms with Gasteiger partial charge >= 0.3 is 0 Å². The maximum Gasteiger partial charge on any atom is 0.230 e. The fourth-order valence-corrected chi connectivity index (χ4v) is 0.379. The van der Waals surface area contributed by atoms with Gasteiger partial charge in [0.2, 0.25) is 5.24 Å². The number of carbonyl (C=O) groups is 1. The standard InChI is InChI=1S/C7H11ClO2/c1-4-10-5-7(2,3)6(8)9/h4H,1,5H2,2-3H3. The number of ether oxygens (including phenoxy) is 1. The summed E-state index contributed by atoms with van der Waals surface area (Å²) in [4.78, 5) is 10.6. The van der Waals surface area contributed by atoms with Gasteiger partial charge in [0.15, 0.2) is 0 Å². The topological polar surface area (TPSA) is 26.3 Å². The van der Waals surface area contributed by atoms with Crippen LogP contribution in [0.2, 0.25) is 0 Å². The number of halogens is 1. The SMILES string of the molecule is C=COCC(C)(C)C(=O)Cl. The Kier molecular flexibility index (Phi) is 3.43. The van der Waals surface area contributed by atoms with Crippen molar-refractivity contribution in [2.45, 2.75) is 13.8 Å². The van der Waals surface area contributed by atoms with Crippen LogP contribution < -0.4 is 0 Å². The zero-order valence-corrected chi connectivity index (χ0v) is 6.94. The third-order valence-electron chi connectivity index (χ3n) is 1.09. The van der Waals surface area contributed by atoms with E-state index in [0.717, 1.165) is 0 Å². The molecule has 0 radical (unpaired) electrons. The Morgan fingerprint density at radius 1 is 1.80 bits per heavy atom. The first kappa shape index (κ1) is 9.50. The highest BCUT2D eigenvalue weighted by molar-refractivity contribution is 6.64. The van der Waals surface area contributed by atoms with Crippen LogP contribution in [-0.4, -0.2) is 11.8 Å². The molecule has 0 atom stereocenters. The summed E-state index contributed by atoms with van der Waals surface area (Å²) in [5.74, 6) is 0. The van der Waals surface area contributed by atoms with Crippen LogP contribution in [0.15, 0.2) is 12.8 Å². The largest absolute Gasteiger partial charge is 0.501 e. The van der Waals surface area contributed by atoms with Crippen molar-refractivity contribution in [2.75, 3.05) is 6.61 Å². The first-order valence-corrected chi connectivity index (χ1v) is 3.31. The molecular formula is C7H11ClO2. The van der Waals surface area contributed by atoms with Crippen LogP contribution in [0.25, 0.3) is 0 Å². The Balaban J connectivity index is 3.86. The minimum Gasteiger partial charge on any atom is -0.501 e. The summed E-state index contributed by atoms with van der Waals surface area (Å²) in [5, 5.41) is -0.394. The second-order valence-electron chi connectivity index (χ2n) is 2.64. The zero-order chi connectivity index (χ0) is 8.20. The van der Waals surface area contributed by atoms with Crippen molar-refractivity contribution in [1.82, 2.24) is 0 Å². The third kappa shape index (κ3) is 2.87. The summed E-state index contributed by atoms with van der Waals surface area (Å²) >= 11 is 5.25. The van der Waals surface area contributed by atoms with E-state index < -0.39 is 10.7 Å². The Hall–Kier alpha value is -0.500. The summed E-state index contributed by atoms with van der Waals surface area (Å²) in [6.07, 6.45) is 1.29. The van der Waals surface area contributed by atoms with E-state index in [1.807, 2.05) is 0 Å². The van der Waals surface area contributed by atoms with Crippen molar-refractivity contribution in [3.63, 3.8) is 0 Å². The molecule has 0 spiro atoms. The molecule has 0 saturated heterocycles. The third-order valence-corrected chi connectivity index (χ3v) is 1.61. The summed E-state index contributed by atoms with van der Waals surface area (Å²) in [6.45, 7) is 7.05. The van der Waals surface area contributed by atoms with E-state index in [-0.39, 0.29) is 6.61 Å². The van der Waals surface area contributed by atoms with Gasteiger partial charge in [-0.2, -0.15) is 0 Å². The molecule has 10 heavy (non-hydrogen) atoms. The highest BCUT2D eigenvalue weighted by Gasteiger charge is 2.25. The molecule has 3 heteroatoms. The van der Waals surface area contributed by atoms with Crippen LogP contribution in [0.5, 0.6) is 0 Å². The number of hydrogen-bond acceptors (Lipinski definition) is 2. The van der Waals surface area contributed by atoms with Crippen LogP contribution in [0.3, 0.4) is 0 Å². The molecule has 0 rings (SSSR count). The van der Waals surface area contributed by atoms with Gasteiger partial charge in [0, 0.05) is 0 Å². The molecular weight excluding hydrogens is 152 g/mol. The highest BCUT2D eigenvalue weighted by Crippen LogP contribution is 2.18. The molecule has 0 aromatic heterocycles. The van der Waals surface area contributed by atoms with Gasteiger partial charge in [0.1, 0.15) is 6.61 Å². The van der Waals surface area contributed by atoms with Crippen LogP contribution in [0.1, 0.15) is 13.8 Å². The first-order chi connectivity index (χ1) is 4.50. The van der Waals surface area contributed by atoms with Gasteiger partial charge in [-0.25, -0.2) is 0 Å². The molecule has 0 heterocycles. The van der Waals surface area contributed by atoms with E-state index in [1.54, 1.807) is 13.8 Å². The Morgan fingerprint density at radius 2 is 2.30 bits per heavy atom. The molecule has 0 unspecified atom stereocenters. The molecule has 0 N–H and O–H groups in total. The maximum atomic E-state index is 10.6. The van der Waals surface area contributed by atoms with E-state index in [1.165, 1.54) is 6.26 Å². The van der Waals surface area contributed by atoms with E-state index in [4.69, 9.17) is 16.3 Å². The smallest absolute Gasteiger partial charge is 0.230 e. The molecule has 0 fully saturated rings. The van der Waals surface area contributed by atoms with E-state index >= 15 is 0 Å². The number of rotatable bonds is 4. The second kappa shape index (κ2) is 3.62. The van der Waals surface area contributed by atoms with Crippen LogP contribution in [0, 0.1) is 5.41 Å². The summed E-state index contributed by atoms with van der Waals surface area (Å²) in [7, 11) is 0. The van der Waals surface area contributed by atoms with Gasteiger partial charge in [0.25, 0.3) is 0 Å². The van der Waals surface area contributed by atoms with Crippen molar-refractivity contribution in [3.05, 3.63) is 12.8 Å². The monoisotopic (exact) mass is 162 g/mol. The molecule has 0 aromatic carbocycles. The second-order valence-corrected chi connectivity index (χ2v) is 2.98. The lowest BCUT2D eigenvalue weighted by Crippen LogP contribution is -2.24. The van der Waals surface area contributed by atoms with E-state index in [9.17, 15) is 4.79 Å². The summed E-state index contributed by atoms with van der Waals surface area (Å²) < 4.78 is 4.82. The van der Waals surface area contributed by atoms with Crippen LogP contribution in [-0.2, 0) is 9.53 Å². The van der Waals surface area contributed by atoms with Crippen LogP contribution >= 0.6 is 11.6 Å². The highest BCUT2D eigenvalue weighted by atomic mass is 35.5. The van der Waals surface area contributed by atoms with Gasteiger partial charge < -0.3 is 4.74 Å². The molecule has 0 aliphatic heterocycles. The van der Waals surface area contributed by atoms with Crippen molar-refractivity contribution in [2.24, 2.45) is 5.41 Å². The Labute approximate surface area is 65.8 Å². The van der Waals surface area contributed by atoms with Crippen molar-refractivity contribution >= 4 is 16.8 Å². The lowest BCUT2D eigenvalue weighted by molar-refractivity contribution is -0.120. The predicted molar refractivity (Wildman–Crippen MR) is 40.8 cm³/mol. The van der Waals surface area contributed by atoms with Crippen molar-refractivity contribution in [1.29, 1.82) is 0 Å². The first-order valence-electron chi connectivity index (χ1n) is 2.93. The van der Waals surface area contributed by atoms with E-state index in [0.29, 0.717) is 0 Å². The minimum absolute atomic E-state index is 0.277. The average molecular weight is 163 g/mol. The van der Waals surface area contributed by atoms with Gasteiger partial charge in [-0.15, -0.1) is 0 Å². The average Bonchev–Trinajstić information content (AvgIpc) is 1.84. The number of carbonyl (C=O) groups excluding carboxylic acids is 1. The Bertz CT molecular complexity index is 141. The van der Waals surface area contributed by atoms with Gasteiger partial charge in [-0.05, 0) is 25.4 Å².